The van der Waals surface area contributed by atoms with E-state index < -0.39 is 11.4 Å². The van der Waals surface area contributed by atoms with E-state index in [0.29, 0.717) is 38.5 Å². The zero-order valence-corrected chi connectivity index (χ0v) is 14.2. The van der Waals surface area contributed by atoms with E-state index in [1.54, 1.807) is 15.9 Å². The molecule has 0 saturated carbocycles. The highest BCUT2D eigenvalue weighted by atomic mass is 19.1. The zero-order valence-electron chi connectivity index (χ0n) is 14.2. The second-order valence-electron chi connectivity index (χ2n) is 6.95. The van der Waals surface area contributed by atoms with Crippen LogP contribution >= 0.6 is 0 Å². The molecule has 1 unspecified atom stereocenters. The molecular formula is C17H16FN5O4. The van der Waals surface area contributed by atoms with E-state index >= 15 is 0 Å². The fourth-order valence-electron chi connectivity index (χ4n) is 4.01. The lowest BCUT2D eigenvalue weighted by Crippen LogP contribution is -2.71. The van der Waals surface area contributed by atoms with Crippen molar-refractivity contribution in [3.05, 3.63) is 42.5 Å². The van der Waals surface area contributed by atoms with E-state index in [4.69, 9.17) is 9.15 Å². The van der Waals surface area contributed by atoms with E-state index in [2.05, 4.69) is 9.97 Å². The summed E-state index contributed by atoms with van der Waals surface area (Å²) in [5.41, 5.74) is -0.701. The molecule has 2 aromatic heterocycles. The summed E-state index contributed by atoms with van der Waals surface area (Å²) < 4.78 is 23.9. The number of ether oxygens (including phenoxy) is 1. The smallest absolute Gasteiger partial charge is 0.411 e. The van der Waals surface area contributed by atoms with Crippen LogP contribution in [0.2, 0.25) is 0 Å². The lowest BCUT2D eigenvalue weighted by atomic mass is 9.84. The van der Waals surface area contributed by atoms with Crippen molar-refractivity contribution in [2.75, 3.05) is 37.6 Å². The predicted molar refractivity (Wildman–Crippen MR) is 88.5 cm³/mol. The van der Waals surface area contributed by atoms with Gasteiger partial charge in [-0.2, -0.15) is 0 Å². The second kappa shape index (κ2) is 5.66. The summed E-state index contributed by atoms with van der Waals surface area (Å²) in [6.45, 7) is 2.06. The molecule has 0 N–H and O–H groups in total. The number of amides is 2. The van der Waals surface area contributed by atoms with Gasteiger partial charge in [-0.15, -0.1) is 0 Å². The van der Waals surface area contributed by atoms with Crippen LogP contribution < -0.4 is 4.90 Å². The number of hydrogen-bond acceptors (Lipinski definition) is 7. The number of aromatic nitrogens is 2. The van der Waals surface area contributed by atoms with Gasteiger partial charge in [0.15, 0.2) is 12.0 Å². The van der Waals surface area contributed by atoms with E-state index in [-0.39, 0.29) is 23.8 Å². The molecule has 10 heteroatoms. The number of fused-ring (bicyclic) bond motifs is 2. The maximum Gasteiger partial charge on any atom is 0.411 e. The third-order valence-corrected chi connectivity index (χ3v) is 5.40. The third-order valence-electron chi connectivity index (χ3n) is 5.40. The highest BCUT2D eigenvalue weighted by Crippen LogP contribution is 2.41. The van der Waals surface area contributed by atoms with Gasteiger partial charge in [0.1, 0.15) is 11.6 Å². The summed E-state index contributed by atoms with van der Waals surface area (Å²) in [6, 6.07) is 2.69. The Labute approximate surface area is 153 Å². The van der Waals surface area contributed by atoms with Crippen molar-refractivity contribution in [1.29, 1.82) is 0 Å². The van der Waals surface area contributed by atoms with Gasteiger partial charge in [-0.3, -0.25) is 9.69 Å². The van der Waals surface area contributed by atoms with Gasteiger partial charge in [0.2, 0.25) is 5.76 Å². The molecule has 1 spiro atoms. The molecule has 140 valence electrons. The molecule has 0 aromatic carbocycles. The molecule has 9 nitrogen and oxygen atoms in total. The average Bonchev–Trinajstić information content (AvgIpc) is 3.27. The average molecular weight is 373 g/mol. The number of nitrogens with zero attached hydrogens (tertiary/aromatic N) is 5. The van der Waals surface area contributed by atoms with Crippen molar-refractivity contribution in [2.45, 2.75) is 11.6 Å². The Bertz CT molecular complexity index is 881. The SMILES string of the molecule is O=C(c1cnco1)N1CCN2C(=O)OC3(CN(c4ccc(F)cn4)C3)C2C1. The van der Waals surface area contributed by atoms with Crippen LogP contribution in [0, 0.1) is 5.82 Å². The van der Waals surface area contributed by atoms with Crippen LogP contribution in [0.15, 0.2) is 35.3 Å². The monoisotopic (exact) mass is 373 g/mol. The van der Waals surface area contributed by atoms with Crippen molar-refractivity contribution >= 4 is 17.8 Å². The fourth-order valence-corrected chi connectivity index (χ4v) is 4.01. The predicted octanol–water partition coefficient (Wildman–Crippen LogP) is 0.744. The van der Waals surface area contributed by atoms with Crippen LogP contribution in [0.25, 0.3) is 0 Å². The van der Waals surface area contributed by atoms with Crippen molar-refractivity contribution in [1.82, 2.24) is 19.8 Å². The molecule has 2 aromatic rings. The highest BCUT2D eigenvalue weighted by molar-refractivity contribution is 5.91. The third kappa shape index (κ3) is 2.43. The Balaban J connectivity index is 1.33. The van der Waals surface area contributed by atoms with Crippen LogP contribution in [0.1, 0.15) is 10.6 Å². The first-order valence-corrected chi connectivity index (χ1v) is 8.60. The molecule has 5 heterocycles. The lowest BCUT2D eigenvalue weighted by Gasteiger charge is -2.51. The standard InChI is InChI=1S/C17H16FN5O4/c18-11-1-2-14(20-5-11)22-8-17(9-22)13-7-21(3-4-23(13)16(25)27-17)15(24)12-6-19-10-26-12/h1-2,5-6,10,13H,3-4,7-9H2. The number of pyridine rings is 1. The van der Waals surface area contributed by atoms with Crippen LogP contribution in [-0.2, 0) is 4.74 Å². The first kappa shape index (κ1) is 16.0. The number of halogens is 1. The van der Waals surface area contributed by atoms with Gasteiger partial charge in [-0.1, -0.05) is 0 Å². The van der Waals surface area contributed by atoms with E-state index in [1.807, 2.05) is 4.90 Å². The summed E-state index contributed by atoms with van der Waals surface area (Å²) in [6.07, 6.45) is 3.39. The Morgan fingerprint density at radius 1 is 1.26 bits per heavy atom. The number of oxazole rings is 1. The Hall–Kier alpha value is -3.17. The van der Waals surface area contributed by atoms with Gasteiger partial charge < -0.3 is 19.0 Å². The lowest BCUT2D eigenvalue weighted by molar-refractivity contribution is -0.00714. The van der Waals surface area contributed by atoms with Crippen molar-refractivity contribution in [2.24, 2.45) is 0 Å². The molecule has 3 saturated heterocycles. The summed E-state index contributed by atoms with van der Waals surface area (Å²) in [5, 5.41) is 0. The maximum absolute atomic E-state index is 13.1. The van der Waals surface area contributed by atoms with Crippen LogP contribution in [0.5, 0.6) is 0 Å². The summed E-state index contributed by atoms with van der Waals surface area (Å²) in [4.78, 5) is 38.0. The Morgan fingerprint density at radius 2 is 2.11 bits per heavy atom. The Morgan fingerprint density at radius 3 is 2.81 bits per heavy atom. The molecule has 1 atom stereocenters. The van der Waals surface area contributed by atoms with Gasteiger partial charge in [-0.05, 0) is 12.1 Å². The molecule has 27 heavy (non-hydrogen) atoms. The maximum atomic E-state index is 13.1. The van der Waals surface area contributed by atoms with Gasteiger partial charge in [0, 0.05) is 19.6 Å². The molecule has 3 aliphatic rings. The summed E-state index contributed by atoms with van der Waals surface area (Å²) in [7, 11) is 0. The second-order valence-corrected chi connectivity index (χ2v) is 6.95. The van der Waals surface area contributed by atoms with E-state index in [0.717, 1.165) is 6.20 Å². The number of carbonyl (C=O) groups excluding carboxylic acids is 2. The molecular weight excluding hydrogens is 357 g/mol. The first-order chi connectivity index (χ1) is 13.1. The number of carbonyl (C=O) groups is 2. The molecule has 2 amide bonds. The van der Waals surface area contributed by atoms with Gasteiger partial charge in [0.25, 0.3) is 5.91 Å². The normalized spacial score (nSPS) is 23.2. The van der Waals surface area contributed by atoms with Crippen molar-refractivity contribution < 1.29 is 23.1 Å². The van der Waals surface area contributed by atoms with Crippen molar-refractivity contribution in [3.63, 3.8) is 0 Å². The van der Waals surface area contributed by atoms with E-state index in [9.17, 15) is 14.0 Å². The van der Waals surface area contributed by atoms with Gasteiger partial charge in [0.05, 0.1) is 31.5 Å². The van der Waals surface area contributed by atoms with Crippen LogP contribution in [0.4, 0.5) is 15.0 Å². The highest BCUT2D eigenvalue weighted by Gasteiger charge is 2.62. The van der Waals surface area contributed by atoms with Crippen LogP contribution in [-0.4, -0.2) is 76.1 Å². The quantitative estimate of drug-likeness (QED) is 0.767. The molecule has 3 aliphatic heterocycles. The van der Waals surface area contributed by atoms with Gasteiger partial charge >= 0.3 is 6.09 Å². The topological polar surface area (TPSA) is 92.0 Å². The molecule has 0 aliphatic carbocycles. The first-order valence-electron chi connectivity index (χ1n) is 8.60. The number of rotatable bonds is 2. The number of anilines is 1. The van der Waals surface area contributed by atoms with Crippen molar-refractivity contribution in [3.8, 4) is 0 Å². The fraction of sp³-hybridized carbons (Fsp3) is 0.412. The summed E-state index contributed by atoms with van der Waals surface area (Å²) >= 11 is 0. The summed E-state index contributed by atoms with van der Waals surface area (Å²) in [5.74, 6) is 0.148. The van der Waals surface area contributed by atoms with Gasteiger partial charge in [-0.25, -0.2) is 19.2 Å². The Kier molecular flexibility index (Phi) is 3.36. The molecule has 3 fully saturated rings. The molecule has 0 bridgehead atoms. The minimum Gasteiger partial charge on any atom is -0.438 e. The van der Waals surface area contributed by atoms with Crippen LogP contribution in [0.3, 0.4) is 0 Å². The largest absolute Gasteiger partial charge is 0.438 e. The minimum absolute atomic E-state index is 0.175. The zero-order chi connectivity index (χ0) is 18.6. The molecule has 0 radical (unpaired) electrons. The van der Waals surface area contributed by atoms with E-state index in [1.165, 1.54) is 18.7 Å². The number of piperazine rings is 1. The molecule has 5 rings (SSSR count). The minimum atomic E-state index is -0.701. The number of hydrogen-bond donors (Lipinski definition) is 0.